The van der Waals surface area contributed by atoms with Crippen molar-refractivity contribution in [2.45, 2.75) is 111 Å². The van der Waals surface area contributed by atoms with Crippen LogP contribution in [-0.4, -0.2) is 59.8 Å². The third kappa shape index (κ3) is 5.12. The van der Waals surface area contributed by atoms with Gasteiger partial charge in [-0.05, 0) is 91.8 Å². The fourth-order valence-electron chi connectivity index (χ4n) is 11.2. The van der Waals surface area contributed by atoms with Crippen molar-refractivity contribution in [2.75, 3.05) is 14.2 Å². The van der Waals surface area contributed by atoms with E-state index in [0.29, 0.717) is 19.3 Å². The van der Waals surface area contributed by atoms with Crippen molar-refractivity contribution in [1.82, 2.24) is 0 Å². The number of carbonyl (C=O) groups is 2. The summed E-state index contributed by atoms with van der Waals surface area (Å²) in [4.78, 5) is 25.8. The fourth-order valence-corrected chi connectivity index (χ4v) is 11.2. The van der Waals surface area contributed by atoms with Crippen LogP contribution < -0.4 is 0 Å². The zero-order valence-electron chi connectivity index (χ0n) is 26.9. The second-order valence-electron chi connectivity index (χ2n) is 15.4. The molecule has 10 heteroatoms. The van der Waals surface area contributed by atoms with Gasteiger partial charge in [0.2, 0.25) is 0 Å². The normalized spacial score (nSPS) is 48.6. The summed E-state index contributed by atoms with van der Waals surface area (Å²) in [5.74, 6) is -1.87. The molecule has 4 saturated carbocycles. The van der Waals surface area contributed by atoms with Crippen molar-refractivity contribution >= 4 is 11.9 Å². The maximum absolute atomic E-state index is 13.0. The van der Waals surface area contributed by atoms with Gasteiger partial charge in [-0.3, -0.25) is 9.59 Å². The Morgan fingerprint density at radius 2 is 1.43 bits per heavy atom. The van der Waals surface area contributed by atoms with Crippen LogP contribution in [0.1, 0.15) is 92.9 Å². The third-order valence-electron chi connectivity index (χ3n) is 13.9. The van der Waals surface area contributed by atoms with E-state index in [1.54, 1.807) is 14.2 Å². The summed E-state index contributed by atoms with van der Waals surface area (Å²) in [6.45, 7) is 13.0. The Bertz CT molecular complexity index is 1100. The SMILES string of the molecule is COC1CC2(C)C3CC=C4C5C(O)C(C)(C)CCC5(C(=O)O)CCC4(C)C3(C)CCC2[C@](C)(C(=O)O)C1OC.[Y].[Y].[Y]. The molecule has 3 radical (unpaired) electrons. The van der Waals surface area contributed by atoms with E-state index in [2.05, 4.69) is 40.7 Å². The smallest absolute Gasteiger partial charge is 0.312 e. The van der Waals surface area contributed by atoms with E-state index in [9.17, 15) is 24.9 Å². The molecule has 0 aromatic carbocycles. The van der Waals surface area contributed by atoms with Gasteiger partial charge in [0.05, 0.1) is 29.1 Å². The summed E-state index contributed by atoms with van der Waals surface area (Å²) in [5.41, 5.74) is -1.95. The van der Waals surface area contributed by atoms with Crippen molar-refractivity contribution in [3.05, 3.63) is 11.6 Å². The van der Waals surface area contributed by atoms with E-state index in [1.165, 1.54) is 0 Å². The van der Waals surface area contributed by atoms with Gasteiger partial charge in [-0.1, -0.05) is 46.3 Å². The van der Waals surface area contributed by atoms with Crippen LogP contribution >= 0.6 is 0 Å². The zero-order chi connectivity index (χ0) is 29.0. The van der Waals surface area contributed by atoms with Gasteiger partial charge in [0.25, 0.3) is 0 Å². The second kappa shape index (κ2) is 13.1. The van der Waals surface area contributed by atoms with Crippen LogP contribution in [0.25, 0.3) is 0 Å². The number of carboxylic acid groups (broad SMARTS) is 2. The van der Waals surface area contributed by atoms with Crippen LogP contribution in [0.3, 0.4) is 0 Å². The Balaban J connectivity index is 0.00000205. The predicted octanol–water partition coefficient (Wildman–Crippen LogP) is 5.54. The molecule has 0 aliphatic heterocycles. The van der Waals surface area contributed by atoms with E-state index >= 15 is 0 Å². The Morgan fingerprint density at radius 3 is 1.95 bits per heavy atom. The van der Waals surface area contributed by atoms with Gasteiger partial charge >= 0.3 is 11.9 Å². The topological polar surface area (TPSA) is 113 Å². The van der Waals surface area contributed by atoms with Crippen LogP contribution in [0.5, 0.6) is 0 Å². The van der Waals surface area contributed by atoms with Crippen LogP contribution in [-0.2, 0) is 117 Å². The summed E-state index contributed by atoms with van der Waals surface area (Å²) in [6.07, 6.45) is 6.47. The average Bonchev–Trinajstić information content (AvgIpc) is 2.86. The Morgan fingerprint density at radius 1 is 0.833 bits per heavy atom. The molecule has 42 heavy (non-hydrogen) atoms. The first-order chi connectivity index (χ1) is 18.0. The molecule has 229 valence electrons. The third-order valence-corrected chi connectivity index (χ3v) is 13.9. The Kier molecular flexibility index (Phi) is 12.5. The van der Waals surface area contributed by atoms with Crippen molar-refractivity contribution in [2.24, 2.45) is 50.2 Å². The minimum atomic E-state index is -1.08. The van der Waals surface area contributed by atoms with Crippen molar-refractivity contribution in [3.8, 4) is 0 Å². The molecule has 5 aliphatic rings. The number of allylic oxidation sites excluding steroid dienone is 1. The number of aliphatic hydroxyl groups excluding tert-OH is 1. The molecule has 11 atom stereocenters. The maximum Gasteiger partial charge on any atom is 0.312 e. The standard InChI is InChI=1S/C32H50O7.3Y/c1-27(2)13-15-32(26(36)37)16-14-29(4)18(22(32)23(27)33)9-10-20-28(3)17-19(38-7)24(39-8)31(6,25(34)35)21(28)11-12-30(20,29)5;;;/h9,19-24,33H,10-17H2,1-8H3,(H,34,35)(H,36,37);;;/t19?,20?,21?,22?,23?,24?,28?,29?,30?,31-,32?;;;/m0.../s1. The molecule has 0 saturated heterocycles. The minimum absolute atomic E-state index is 0. The van der Waals surface area contributed by atoms with Crippen LogP contribution in [0.2, 0.25) is 0 Å². The second-order valence-corrected chi connectivity index (χ2v) is 15.4. The largest absolute Gasteiger partial charge is 0.481 e. The Labute approximate surface area is 327 Å². The Hall–Kier alpha value is 1.87. The molecule has 0 aromatic rings. The van der Waals surface area contributed by atoms with Gasteiger partial charge < -0.3 is 24.8 Å². The first-order valence-corrected chi connectivity index (χ1v) is 14.9. The number of aliphatic carboxylic acids is 2. The summed E-state index contributed by atoms with van der Waals surface area (Å²) < 4.78 is 11.8. The van der Waals surface area contributed by atoms with Gasteiger partial charge in [0.1, 0.15) is 0 Å². The number of aliphatic hydroxyl groups is 1. The first kappa shape index (κ1) is 40.0. The quantitative estimate of drug-likeness (QED) is 0.320. The van der Waals surface area contributed by atoms with Crippen LogP contribution in [0.15, 0.2) is 11.6 Å². The number of hydrogen-bond donors (Lipinski definition) is 3. The number of rotatable bonds is 4. The molecule has 4 fully saturated rings. The van der Waals surface area contributed by atoms with Gasteiger partial charge in [-0.2, -0.15) is 0 Å². The van der Waals surface area contributed by atoms with Crippen LogP contribution in [0, 0.1) is 50.2 Å². The molecule has 0 spiro atoms. The van der Waals surface area contributed by atoms with Gasteiger partial charge in [-0.25, -0.2) is 0 Å². The van der Waals surface area contributed by atoms with E-state index in [1.807, 2.05) is 6.92 Å². The average molecular weight is 813 g/mol. The van der Waals surface area contributed by atoms with E-state index in [-0.39, 0.29) is 138 Å². The van der Waals surface area contributed by atoms with Crippen molar-refractivity contribution < 1.29 is 133 Å². The summed E-state index contributed by atoms with van der Waals surface area (Å²) in [7, 11) is 3.25. The van der Waals surface area contributed by atoms with Crippen LogP contribution in [0.4, 0.5) is 0 Å². The molecule has 7 nitrogen and oxygen atoms in total. The van der Waals surface area contributed by atoms with E-state index in [0.717, 1.165) is 37.7 Å². The number of methoxy groups -OCH3 is 2. The molecule has 0 heterocycles. The zero-order valence-corrected chi connectivity index (χ0v) is 35.4. The van der Waals surface area contributed by atoms with E-state index in [4.69, 9.17) is 9.47 Å². The van der Waals surface area contributed by atoms with Gasteiger partial charge in [0.15, 0.2) is 0 Å². The summed E-state index contributed by atoms with van der Waals surface area (Å²) in [6, 6.07) is 0. The number of ether oxygens (including phenoxy) is 2. The van der Waals surface area contributed by atoms with Crippen molar-refractivity contribution in [3.63, 3.8) is 0 Å². The molecule has 5 rings (SSSR count). The molecule has 0 bridgehead atoms. The first-order valence-electron chi connectivity index (χ1n) is 14.9. The molecule has 0 amide bonds. The molecule has 3 N–H and O–H groups in total. The number of carboxylic acids is 2. The fraction of sp³-hybridized carbons (Fsp3) is 0.875. The molecule has 0 aromatic heterocycles. The van der Waals surface area contributed by atoms with Gasteiger partial charge in [0, 0.05) is 118 Å². The molecular weight excluding hydrogens is 763 g/mol. The minimum Gasteiger partial charge on any atom is -0.481 e. The monoisotopic (exact) mass is 813 g/mol. The molecule has 5 aliphatic carbocycles. The predicted molar refractivity (Wildman–Crippen MR) is 147 cm³/mol. The molecule has 10 unspecified atom stereocenters. The number of hydrogen-bond acceptors (Lipinski definition) is 5. The summed E-state index contributed by atoms with van der Waals surface area (Å²) >= 11 is 0. The maximum atomic E-state index is 13.0. The summed E-state index contributed by atoms with van der Waals surface area (Å²) in [5, 5.41) is 33.0. The molecular formula is C32H50O7Y3. The van der Waals surface area contributed by atoms with Gasteiger partial charge in [-0.15, -0.1) is 0 Å². The van der Waals surface area contributed by atoms with E-state index < -0.39 is 40.9 Å². The van der Waals surface area contributed by atoms with Crippen molar-refractivity contribution in [1.29, 1.82) is 0 Å². The number of fused-ring (bicyclic) bond motifs is 7.